The van der Waals surface area contributed by atoms with Crippen LogP contribution in [0.4, 0.5) is 0 Å². The quantitative estimate of drug-likeness (QED) is 0.383. The number of rotatable bonds is 6. The molecule has 1 aliphatic heterocycles. The molecule has 2 aromatic carbocycles. The Balaban J connectivity index is 1.80. The van der Waals surface area contributed by atoms with E-state index < -0.39 is 5.97 Å². The van der Waals surface area contributed by atoms with Crippen LogP contribution in [0.2, 0.25) is 0 Å². The van der Waals surface area contributed by atoms with Crippen molar-refractivity contribution in [2.45, 2.75) is 18.4 Å². The number of hydrogen-bond donors (Lipinski definition) is 1. The van der Waals surface area contributed by atoms with Crippen molar-refractivity contribution >= 4 is 17.7 Å². The van der Waals surface area contributed by atoms with E-state index in [1.54, 1.807) is 0 Å². The van der Waals surface area contributed by atoms with Crippen molar-refractivity contribution in [1.82, 2.24) is 9.97 Å². The zero-order chi connectivity index (χ0) is 19.5. The summed E-state index contributed by atoms with van der Waals surface area (Å²) in [6, 6.07) is 15.3. The minimum atomic E-state index is -0.894. The van der Waals surface area contributed by atoms with E-state index in [2.05, 4.69) is 9.97 Å². The standard InChI is InChI=1S/C21H18N2O4S/c1-2-26-16-10-6-9-14-11-15-20(27-18(14)16)22-19(13-7-4-3-5-8-13)23-21(15)28-12-17(24)25/h3-10H,2,11-12H2,1H3,(H,24,25). The Morgan fingerprint density at radius 1 is 1.18 bits per heavy atom. The molecule has 6 nitrogen and oxygen atoms in total. The third-order valence-electron chi connectivity index (χ3n) is 4.22. The normalized spacial score (nSPS) is 11.9. The van der Waals surface area contributed by atoms with Gasteiger partial charge in [0.25, 0.3) is 0 Å². The third-order valence-corrected chi connectivity index (χ3v) is 5.22. The third kappa shape index (κ3) is 3.66. The van der Waals surface area contributed by atoms with Crippen LogP contribution in [0, 0.1) is 0 Å². The summed E-state index contributed by atoms with van der Waals surface area (Å²) in [7, 11) is 0. The number of thioether (sulfide) groups is 1. The first kappa shape index (κ1) is 18.3. The van der Waals surface area contributed by atoms with Crippen molar-refractivity contribution in [3.63, 3.8) is 0 Å². The summed E-state index contributed by atoms with van der Waals surface area (Å²) >= 11 is 1.18. The van der Waals surface area contributed by atoms with E-state index in [0.717, 1.165) is 16.7 Å². The Bertz CT molecular complexity index is 1020. The van der Waals surface area contributed by atoms with Crippen molar-refractivity contribution < 1.29 is 19.4 Å². The lowest BCUT2D eigenvalue weighted by Crippen LogP contribution is -2.11. The van der Waals surface area contributed by atoms with Gasteiger partial charge >= 0.3 is 5.97 Å². The maximum absolute atomic E-state index is 11.1. The monoisotopic (exact) mass is 394 g/mol. The first-order chi connectivity index (χ1) is 13.7. The van der Waals surface area contributed by atoms with Crippen molar-refractivity contribution in [3.8, 4) is 28.8 Å². The second kappa shape index (κ2) is 7.90. The van der Waals surface area contributed by atoms with E-state index in [-0.39, 0.29) is 5.75 Å². The van der Waals surface area contributed by atoms with Gasteiger partial charge in [-0.2, -0.15) is 4.98 Å². The van der Waals surface area contributed by atoms with Crippen molar-refractivity contribution in [1.29, 1.82) is 0 Å². The van der Waals surface area contributed by atoms with Crippen LogP contribution in [0.3, 0.4) is 0 Å². The van der Waals surface area contributed by atoms with E-state index in [1.165, 1.54) is 11.8 Å². The van der Waals surface area contributed by atoms with Gasteiger partial charge in [0.2, 0.25) is 5.88 Å². The number of hydrogen-bond acceptors (Lipinski definition) is 6. The summed E-state index contributed by atoms with van der Waals surface area (Å²) in [4.78, 5) is 20.4. The van der Waals surface area contributed by atoms with Crippen LogP contribution < -0.4 is 9.47 Å². The van der Waals surface area contributed by atoms with Gasteiger partial charge in [0.05, 0.1) is 17.9 Å². The highest BCUT2D eigenvalue weighted by atomic mass is 32.2. The second-order valence-electron chi connectivity index (χ2n) is 6.14. The Kier molecular flexibility index (Phi) is 5.16. The molecule has 0 radical (unpaired) electrons. The number of ether oxygens (including phenoxy) is 2. The van der Waals surface area contributed by atoms with Crippen molar-refractivity contribution in [3.05, 3.63) is 59.7 Å². The molecule has 4 rings (SSSR count). The van der Waals surface area contributed by atoms with Gasteiger partial charge in [0.1, 0.15) is 5.03 Å². The lowest BCUT2D eigenvalue weighted by atomic mass is 10.0. The van der Waals surface area contributed by atoms with Crippen LogP contribution >= 0.6 is 11.8 Å². The molecule has 0 spiro atoms. The fourth-order valence-electron chi connectivity index (χ4n) is 3.02. The van der Waals surface area contributed by atoms with Crippen molar-refractivity contribution in [2.75, 3.05) is 12.4 Å². The minimum absolute atomic E-state index is 0.0798. The first-order valence-corrected chi connectivity index (χ1v) is 9.87. The van der Waals surface area contributed by atoms with Crippen LogP contribution in [0.5, 0.6) is 17.4 Å². The van der Waals surface area contributed by atoms with Crippen LogP contribution in [0.1, 0.15) is 18.1 Å². The Hall–Kier alpha value is -3.06. The van der Waals surface area contributed by atoms with Crippen molar-refractivity contribution in [2.24, 2.45) is 0 Å². The van der Waals surface area contributed by atoms with Crippen LogP contribution in [0.25, 0.3) is 11.4 Å². The lowest BCUT2D eigenvalue weighted by molar-refractivity contribution is -0.133. The summed E-state index contributed by atoms with van der Waals surface area (Å²) in [5.74, 6) is 1.30. The fraction of sp³-hybridized carbons (Fsp3) is 0.190. The summed E-state index contributed by atoms with van der Waals surface area (Å²) in [5.41, 5.74) is 2.61. The van der Waals surface area contributed by atoms with E-state index >= 15 is 0 Å². The number of carboxylic acid groups (broad SMARTS) is 1. The van der Waals surface area contributed by atoms with Crippen LogP contribution in [0.15, 0.2) is 53.6 Å². The molecule has 142 valence electrons. The molecule has 1 aromatic heterocycles. The number of carboxylic acids is 1. The van der Waals surface area contributed by atoms with Gasteiger partial charge in [-0.15, -0.1) is 0 Å². The predicted molar refractivity (Wildman–Crippen MR) is 106 cm³/mol. The molecule has 0 aliphatic carbocycles. The Morgan fingerprint density at radius 3 is 2.75 bits per heavy atom. The highest BCUT2D eigenvalue weighted by Gasteiger charge is 2.26. The summed E-state index contributed by atoms with van der Waals surface area (Å²) in [6.07, 6.45) is 0.558. The van der Waals surface area contributed by atoms with Crippen LogP contribution in [-0.4, -0.2) is 33.4 Å². The zero-order valence-electron chi connectivity index (χ0n) is 15.2. The smallest absolute Gasteiger partial charge is 0.313 e. The molecule has 7 heteroatoms. The van der Waals surface area contributed by atoms with E-state index in [4.69, 9.17) is 14.6 Å². The molecule has 0 fully saturated rings. The molecule has 3 aromatic rings. The molecule has 0 amide bonds. The number of benzene rings is 2. The number of nitrogens with zero attached hydrogens (tertiary/aromatic N) is 2. The predicted octanol–water partition coefficient (Wildman–Crippen LogP) is 4.42. The Labute approximate surface area is 166 Å². The van der Waals surface area contributed by atoms with E-state index in [1.807, 2.05) is 55.5 Å². The SMILES string of the molecule is CCOc1cccc2c1Oc1nc(-c3ccccc3)nc(SCC(=O)O)c1C2. The van der Waals surface area contributed by atoms with Gasteiger partial charge in [-0.3, -0.25) is 4.79 Å². The van der Waals surface area contributed by atoms with E-state index in [9.17, 15) is 4.79 Å². The summed E-state index contributed by atoms with van der Waals surface area (Å²) in [5, 5.41) is 9.73. The van der Waals surface area contributed by atoms with E-state index in [0.29, 0.717) is 41.3 Å². The minimum Gasteiger partial charge on any atom is -0.490 e. The molecule has 0 unspecified atom stereocenters. The molecule has 28 heavy (non-hydrogen) atoms. The molecule has 2 heterocycles. The fourth-order valence-corrected chi connectivity index (χ4v) is 3.76. The van der Waals surface area contributed by atoms with Gasteiger partial charge in [0.15, 0.2) is 17.3 Å². The number of aliphatic carboxylic acids is 1. The van der Waals surface area contributed by atoms with Gasteiger partial charge in [0, 0.05) is 17.5 Å². The highest BCUT2D eigenvalue weighted by Crippen LogP contribution is 2.44. The van der Waals surface area contributed by atoms with Crippen LogP contribution in [-0.2, 0) is 11.2 Å². The average molecular weight is 394 g/mol. The molecular formula is C21H18N2O4S. The average Bonchev–Trinajstić information content (AvgIpc) is 2.71. The topological polar surface area (TPSA) is 81.5 Å². The summed E-state index contributed by atoms with van der Waals surface area (Å²) < 4.78 is 11.8. The zero-order valence-corrected chi connectivity index (χ0v) is 16.0. The molecule has 0 atom stereocenters. The molecule has 0 saturated heterocycles. The maximum atomic E-state index is 11.1. The second-order valence-corrected chi connectivity index (χ2v) is 7.10. The van der Waals surface area contributed by atoms with Gasteiger partial charge in [-0.05, 0) is 13.0 Å². The molecule has 0 saturated carbocycles. The van der Waals surface area contributed by atoms with Gasteiger partial charge < -0.3 is 14.6 Å². The number of para-hydroxylation sites is 1. The summed E-state index contributed by atoms with van der Waals surface area (Å²) in [6.45, 7) is 2.46. The number of aromatic nitrogens is 2. The molecule has 0 bridgehead atoms. The van der Waals surface area contributed by atoms with Gasteiger partial charge in [-0.1, -0.05) is 54.2 Å². The first-order valence-electron chi connectivity index (χ1n) is 8.89. The highest BCUT2D eigenvalue weighted by molar-refractivity contribution is 7.99. The lowest BCUT2D eigenvalue weighted by Gasteiger charge is -2.23. The van der Waals surface area contributed by atoms with Gasteiger partial charge in [-0.25, -0.2) is 4.98 Å². The molecular weight excluding hydrogens is 376 g/mol. The number of fused-ring (bicyclic) bond motifs is 2. The Morgan fingerprint density at radius 2 is 2.00 bits per heavy atom. The molecule has 1 aliphatic rings. The molecule has 1 N–H and O–H groups in total. The largest absolute Gasteiger partial charge is 0.490 e. The maximum Gasteiger partial charge on any atom is 0.313 e. The number of carbonyl (C=O) groups is 1.